The van der Waals surface area contributed by atoms with Crippen molar-refractivity contribution in [2.75, 3.05) is 18.1 Å². The third-order valence-electron chi connectivity index (χ3n) is 4.67. The molecule has 0 aliphatic heterocycles. The van der Waals surface area contributed by atoms with Crippen LogP contribution in [-0.2, 0) is 20.7 Å². The monoisotopic (exact) mass is 389 g/mol. The van der Waals surface area contributed by atoms with Crippen LogP contribution in [0.5, 0.6) is 0 Å². The minimum absolute atomic E-state index is 0.208. The van der Waals surface area contributed by atoms with Gasteiger partial charge in [0.1, 0.15) is 0 Å². The molecule has 1 heterocycles. The number of para-hydroxylation sites is 2. The van der Waals surface area contributed by atoms with E-state index in [1.165, 1.54) is 4.90 Å². The number of hydrogen-bond acceptors (Lipinski definition) is 4. The van der Waals surface area contributed by atoms with Crippen LogP contribution in [0.4, 0.5) is 5.69 Å². The van der Waals surface area contributed by atoms with Gasteiger partial charge in [0.2, 0.25) is 0 Å². The fourth-order valence-electron chi connectivity index (χ4n) is 3.22. The van der Waals surface area contributed by atoms with Gasteiger partial charge in [-0.15, -0.1) is 0 Å². The van der Waals surface area contributed by atoms with Crippen LogP contribution >= 0.6 is 0 Å². The van der Waals surface area contributed by atoms with E-state index < -0.39 is 5.97 Å². The van der Waals surface area contributed by atoms with E-state index >= 15 is 0 Å². The highest BCUT2D eigenvalue weighted by Gasteiger charge is 2.17. The number of carbonyl (C=O) groups is 2. The number of anilines is 1. The second-order valence-electron chi connectivity index (χ2n) is 6.66. The zero-order valence-corrected chi connectivity index (χ0v) is 16.1. The Bertz CT molecular complexity index is 1000. The number of fused-ring (bicyclic) bond motifs is 1. The summed E-state index contributed by atoms with van der Waals surface area (Å²) in [4.78, 5) is 29.3. The maximum absolute atomic E-state index is 12.5. The molecule has 0 unspecified atom stereocenters. The van der Waals surface area contributed by atoms with Crippen molar-refractivity contribution in [2.24, 2.45) is 0 Å². The Morgan fingerprint density at radius 2 is 1.83 bits per heavy atom. The summed E-state index contributed by atoms with van der Waals surface area (Å²) in [7, 11) is 0. The van der Waals surface area contributed by atoms with Gasteiger partial charge < -0.3 is 14.6 Å². The predicted molar refractivity (Wildman–Crippen MR) is 111 cm³/mol. The molecule has 148 valence electrons. The lowest BCUT2D eigenvalue weighted by Crippen LogP contribution is -2.35. The van der Waals surface area contributed by atoms with Gasteiger partial charge in [-0.1, -0.05) is 36.4 Å². The predicted octanol–water partition coefficient (Wildman–Crippen LogP) is 3.98. The fourth-order valence-corrected chi connectivity index (χ4v) is 3.22. The second-order valence-corrected chi connectivity index (χ2v) is 6.66. The minimum atomic E-state index is -0.397. The summed E-state index contributed by atoms with van der Waals surface area (Å²) in [6, 6.07) is 19.1. The number of hydrogen-bond donors (Lipinski definition) is 1. The molecule has 0 bridgehead atoms. The summed E-state index contributed by atoms with van der Waals surface area (Å²) in [6.45, 7) is -0.0658. The second kappa shape index (κ2) is 10.1. The van der Waals surface area contributed by atoms with Crippen LogP contribution in [0, 0.1) is 11.3 Å². The number of esters is 1. The first-order chi connectivity index (χ1) is 14.2. The van der Waals surface area contributed by atoms with Crippen LogP contribution in [-0.4, -0.2) is 30.0 Å². The normalized spacial score (nSPS) is 10.4. The summed E-state index contributed by atoms with van der Waals surface area (Å²) < 4.78 is 5.17. The van der Waals surface area contributed by atoms with Gasteiger partial charge in [-0.2, -0.15) is 5.26 Å². The summed E-state index contributed by atoms with van der Waals surface area (Å²) in [6.07, 6.45) is 3.82. The Balaban J connectivity index is 1.47. The summed E-state index contributed by atoms with van der Waals surface area (Å²) in [5, 5.41) is 9.99. The molecule has 0 saturated heterocycles. The number of nitriles is 1. The lowest BCUT2D eigenvalue weighted by molar-refractivity contribution is -0.147. The van der Waals surface area contributed by atoms with Crippen LogP contribution in [0.3, 0.4) is 0 Å². The van der Waals surface area contributed by atoms with Crippen LogP contribution in [0.15, 0.2) is 60.8 Å². The molecule has 0 aliphatic rings. The molecule has 3 aromatic rings. The van der Waals surface area contributed by atoms with Crippen LogP contribution in [0.25, 0.3) is 10.9 Å². The van der Waals surface area contributed by atoms with E-state index in [-0.39, 0.29) is 31.9 Å². The van der Waals surface area contributed by atoms with Gasteiger partial charge in [-0.25, -0.2) is 0 Å². The number of aromatic amines is 1. The van der Waals surface area contributed by atoms with E-state index in [0.717, 1.165) is 22.9 Å². The van der Waals surface area contributed by atoms with Crippen molar-refractivity contribution in [3.05, 3.63) is 66.4 Å². The van der Waals surface area contributed by atoms with Gasteiger partial charge in [-0.05, 0) is 36.6 Å². The Morgan fingerprint density at radius 3 is 2.62 bits per heavy atom. The number of H-pyrrole nitrogens is 1. The van der Waals surface area contributed by atoms with E-state index in [2.05, 4.69) is 11.1 Å². The van der Waals surface area contributed by atoms with Crippen molar-refractivity contribution >= 4 is 28.5 Å². The number of amides is 1. The van der Waals surface area contributed by atoms with Gasteiger partial charge in [0.25, 0.3) is 5.91 Å². The first-order valence-electron chi connectivity index (χ1n) is 9.62. The van der Waals surface area contributed by atoms with E-state index in [1.807, 2.05) is 48.7 Å². The Morgan fingerprint density at radius 1 is 1.07 bits per heavy atom. The van der Waals surface area contributed by atoms with Crippen molar-refractivity contribution in [3.63, 3.8) is 0 Å². The Kier molecular flexibility index (Phi) is 7.01. The molecule has 1 amide bonds. The number of nitrogens with one attached hydrogen (secondary N) is 1. The molecule has 0 radical (unpaired) electrons. The van der Waals surface area contributed by atoms with Gasteiger partial charge >= 0.3 is 5.97 Å². The highest BCUT2D eigenvalue weighted by atomic mass is 16.5. The molecule has 0 fully saturated rings. The number of carbonyl (C=O) groups excluding carboxylic acids is 2. The highest BCUT2D eigenvalue weighted by Crippen LogP contribution is 2.19. The van der Waals surface area contributed by atoms with E-state index in [9.17, 15) is 9.59 Å². The zero-order chi connectivity index (χ0) is 20.5. The van der Waals surface area contributed by atoms with Gasteiger partial charge in [-0.3, -0.25) is 9.59 Å². The lowest BCUT2D eigenvalue weighted by atomic mass is 10.1. The third-order valence-corrected chi connectivity index (χ3v) is 4.67. The number of rotatable bonds is 9. The SMILES string of the molecule is N#CCCN(C(=O)COC(=O)CCCc1c[nH]c2ccccc12)c1ccccc1. The molecule has 6 heteroatoms. The molecule has 1 aromatic heterocycles. The van der Waals surface area contributed by atoms with Crippen molar-refractivity contribution < 1.29 is 14.3 Å². The highest BCUT2D eigenvalue weighted by molar-refractivity contribution is 5.95. The number of benzene rings is 2. The topological polar surface area (TPSA) is 86.2 Å². The van der Waals surface area contributed by atoms with Crippen molar-refractivity contribution in [1.82, 2.24) is 4.98 Å². The maximum atomic E-state index is 12.5. The van der Waals surface area contributed by atoms with E-state index in [0.29, 0.717) is 12.1 Å². The van der Waals surface area contributed by atoms with Crippen molar-refractivity contribution in [1.29, 1.82) is 5.26 Å². The number of ether oxygens (including phenoxy) is 1. The lowest BCUT2D eigenvalue weighted by Gasteiger charge is -2.21. The molecule has 0 spiro atoms. The largest absolute Gasteiger partial charge is 0.456 e. The summed E-state index contributed by atoms with van der Waals surface area (Å²) >= 11 is 0. The van der Waals surface area contributed by atoms with Crippen LogP contribution in [0.1, 0.15) is 24.8 Å². The fraction of sp³-hybridized carbons (Fsp3) is 0.261. The van der Waals surface area contributed by atoms with Gasteiger partial charge in [0, 0.05) is 35.8 Å². The summed E-state index contributed by atoms with van der Waals surface area (Å²) in [5.41, 5.74) is 2.92. The zero-order valence-electron chi connectivity index (χ0n) is 16.1. The number of nitrogens with zero attached hydrogens (tertiary/aromatic N) is 2. The summed E-state index contributed by atoms with van der Waals surface area (Å²) in [5.74, 6) is -0.733. The van der Waals surface area contributed by atoms with E-state index in [4.69, 9.17) is 10.00 Å². The molecule has 2 aromatic carbocycles. The first kappa shape index (κ1) is 20.2. The quantitative estimate of drug-likeness (QED) is 0.561. The Labute approximate surface area is 169 Å². The Hall–Kier alpha value is -3.59. The average molecular weight is 389 g/mol. The van der Waals surface area contributed by atoms with Crippen LogP contribution < -0.4 is 4.90 Å². The number of aryl methyl sites for hydroxylation is 1. The smallest absolute Gasteiger partial charge is 0.306 e. The van der Waals surface area contributed by atoms with Gasteiger partial charge in [0.05, 0.1) is 12.5 Å². The third kappa shape index (κ3) is 5.45. The molecule has 0 atom stereocenters. The molecule has 29 heavy (non-hydrogen) atoms. The molecule has 0 saturated carbocycles. The maximum Gasteiger partial charge on any atom is 0.306 e. The molecular weight excluding hydrogens is 366 g/mol. The first-order valence-corrected chi connectivity index (χ1v) is 9.62. The van der Waals surface area contributed by atoms with Gasteiger partial charge in [0.15, 0.2) is 6.61 Å². The molecule has 3 rings (SSSR count). The number of aromatic nitrogens is 1. The van der Waals surface area contributed by atoms with Crippen molar-refractivity contribution in [3.8, 4) is 6.07 Å². The molecule has 0 aliphatic carbocycles. The average Bonchev–Trinajstić information content (AvgIpc) is 3.16. The standard InChI is InChI=1S/C23H23N3O3/c24-14-7-15-26(19-9-2-1-3-10-19)22(27)17-29-23(28)13-6-8-18-16-25-21-12-5-4-11-20(18)21/h1-5,9-12,16,25H,6-8,13,15,17H2. The minimum Gasteiger partial charge on any atom is -0.456 e. The van der Waals surface area contributed by atoms with Crippen LogP contribution in [0.2, 0.25) is 0 Å². The molecule has 1 N–H and O–H groups in total. The van der Waals surface area contributed by atoms with E-state index in [1.54, 1.807) is 12.1 Å². The molecule has 6 nitrogen and oxygen atoms in total. The molecular formula is C23H23N3O3. The van der Waals surface area contributed by atoms with Crippen molar-refractivity contribution in [2.45, 2.75) is 25.7 Å².